The summed E-state index contributed by atoms with van der Waals surface area (Å²) in [6.45, 7) is 4.07. The van der Waals surface area contributed by atoms with Crippen molar-refractivity contribution in [2.45, 2.75) is 6.54 Å². The van der Waals surface area contributed by atoms with Gasteiger partial charge in [0, 0.05) is 19.6 Å². The second kappa shape index (κ2) is 5.11. The monoisotopic (exact) mass is 219 g/mol. The van der Waals surface area contributed by atoms with E-state index in [1.165, 1.54) is 6.07 Å². The fourth-order valence-electron chi connectivity index (χ4n) is 1.79. The number of morpholine rings is 1. The molecule has 0 aliphatic carbocycles. The highest BCUT2D eigenvalue weighted by atomic mass is 19.1. The molecule has 0 radical (unpaired) electrons. The number of hydrogen-bond donors (Lipinski definition) is 0. The van der Waals surface area contributed by atoms with Crippen LogP contribution in [0.3, 0.4) is 0 Å². The van der Waals surface area contributed by atoms with Gasteiger partial charge in [-0.15, -0.1) is 6.42 Å². The molecular formula is C13H14FNO. The molecule has 1 heterocycles. The minimum atomic E-state index is -0.312. The molecule has 0 N–H and O–H groups in total. The Morgan fingerprint density at radius 2 is 2.12 bits per heavy atom. The third-order valence-electron chi connectivity index (χ3n) is 2.70. The smallest absolute Gasteiger partial charge is 0.139 e. The van der Waals surface area contributed by atoms with Crippen molar-refractivity contribution in [2.75, 3.05) is 26.3 Å². The second-order valence-electron chi connectivity index (χ2n) is 3.85. The van der Waals surface area contributed by atoms with Gasteiger partial charge in [0.2, 0.25) is 0 Å². The minimum absolute atomic E-state index is 0.312. The van der Waals surface area contributed by atoms with Crippen LogP contribution in [0.15, 0.2) is 18.2 Å². The van der Waals surface area contributed by atoms with Crippen LogP contribution < -0.4 is 0 Å². The summed E-state index contributed by atoms with van der Waals surface area (Å²) in [7, 11) is 0. The van der Waals surface area contributed by atoms with Crippen LogP contribution in [0, 0.1) is 18.2 Å². The van der Waals surface area contributed by atoms with Crippen molar-refractivity contribution < 1.29 is 9.13 Å². The Labute approximate surface area is 95.0 Å². The first kappa shape index (κ1) is 11.1. The van der Waals surface area contributed by atoms with Crippen molar-refractivity contribution in [3.63, 3.8) is 0 Å². The number of terminal acetylenes is 1. The van der Waals surface area contributed by atoms with Crippen LogP contribution in [-0.4, -0.2) is 31.2 Å². The van der Waals surface area contributed by atoms with Gasteiger partial charge < -0.3 is 4.74 Å². The normalized spacial score (nSPS) is 17.0. The summed E-state index contributed by atoms with van der Waals surface area (Å²) in [6, 6.07) is 5.06. The summed E-state index contributed by atoms with van der Waals surface area (Å²) in [5.74, 6) is 2.01. The zero-order valence-electron chi connectivity index (χ0n) is 9.08. The molecule has 0 bridgehead atoms. The highest BCUT2D eigenvalue weighted by Gasteiger charge is 2.11. The molecule has 0 saturated carbocycles. The maximum absolute atomic E-state index is 13.4. The van der Waals surface area contributed by atoms with Gasteiger partial charge >= 0.3 is 0 Å². The summed E-state index contributed by atoms with van der Waals surface area (Å²) in [6.07, 6.45) is 5.17. The molecule has 0 amide bonds. The van der Waals surface area contributed by atoms with Crippen LogP contribution >= 0.6 is 0 Å². The molecule has 1 fully saturated rings. The summed E-state index contributed by atoms with van der Waals surface area (Å²) < 4.78 is 18.7. The fourth-order valence-corrected chi connectivity index (χ4v) is 1.79. The Morgan fingerprint density at radius 1 is 1.38 bits per heavy atom. The lowest BCUT2D eigenvalue weighted by Crippen LogP contribution is -2.35. The predicted octanol–water partition coefficient (Wildman–Crippen LogP) is 1.64. The number of rotatable bonds is 2. The van der Waals surface area contributed by atoms with Crippen LogP contribution in [-0.2, 0) is 11.3 Å². The van der Waals surface area contributed by atoms with Gasteiger partial charge in [0.05, 0.1) is 18.8 Å². The molecule has 1 aromatic carbocycles. The summed E-state index contributed by atoms with van der Waals surface area (Å²) in [4.78, 5) is 2.24. The van der Waals surface area contributed by atoms with Crippen LogP contribution in [0.4, 0.5) is 4.39 Å². The molecular weight excluding hydrogens is 205 g/mol. The number of ether oxygens (including phenoxy) is 1. The van der Waals surface area contributed by atoms with E-state index in [4.69, 9.17) is 11.2 Å². The van der Waals surface area contributed by atoms with Crippen LogP contribution in [0.5, 0.6) is 0 Å². The van der Waals surface area contributed by atoms with E-state index in [-0.39, 0.29) is 5.82 Å². The lowest BCUT2D eigenvalue weighted by molar-refractivity contribution is 0.0341. The molecule has 84 valence electrons. The second-order valence-corrected chi connectivity index (χ2v) is 3.85. The summed E-state index contributed by atoms with van der Waals surface area (Å²) >= 11 is 0. The van der Waals surface area contributed by atoms with E-state index in [2.05, 4.69) is 10.8 Å². The van der Waals surface area contributed by atoms with Crippen LogP contribution in [0.1, 0.15) is 11.1 Å². The average molecular weight is 219 g/mol. The average Bonchev–Trinajstić information content (AvgIpc) is 2.31. The van der Waals surface area contributed by atoms with Gasteiger partial charge in [-0.1, -0.05) is 12.0 Å². The predicted molar refractivity (Wildman–Crippen MR) is 60.4 cm³/mol. The van der Waals surface area contributed by atoms with E-state index in [0.717, 1.165) is 38.4 Å². The molecule has 1 saturated heterocycles. The van der Waals surface area contributed by atoms with E-state index in [1.807, 2.05) is 6.07 Å². The number of benzene rings is 1. The molecule has 0 unspecified atom stereocenters. The van der Waals surface area contributed by atoms with Crippen molar-refractivity contribution in [1.29, 1.82) is 0 Å². The first-order chi connectivity index (χ1) is 7.79. The van der Waals surface area contributed by atoms with Gasteiger partial charge in [-0.2, -0.15) is 0 Å². The van der Waals surface area contributed by atoms with E-state index in [1.54, 1.807) is 6.07 Å². The van der Waals surface area contributed by atoms with Crippen molar-refractivity contribution in [3.05, 3.63) is 35.1 Å². The zero-order valence-corrected chi connectivity index (χ0v) is 9.08. The molecule has 1 aliphatic rings. The third kappa shape index (κ3) is 2.60. The Bertz CT molecular complexity index is 405. The minimum Gasteiger partial charge on any atom is -0.379 e. The van der Waals surface area contributed by atoms with Crippen molar-refractivity contribution in [2.24, 2.45) is 0 Å². The lowest BCUT2D eigenvalue weighted by Gasteiger charge is -2.26. The Hall–Kier alpha value is -1.37. The Balaban J connectivity index is 2.04. The summed E-state index contributed by atoms with van der Waals surface area (Å²) in [5, 5.41) is 0. The van der Waals surface area contributed by atoms with Crippen molar-refractivity contribution in [1.82, 2.24) is 4.90 Å². The zero-order chi connectivity index (χ0) is 11.4. The van der Waals surface area contributed by atoms with E-state index < -0.39 is 0 Å². The molecule has 0 spiro atoms. The molecule has 1 aliphatic heterocycles. The van der Waals surface area contributed by atoms with Gasteiger partial charge in [-0.3, -0.25) is 4.90 Å². The van der Waals surface area contributed by atoms with Gasteiger partial charge in [0.15, 0.2) is 0 Å². The molecule has 2 rings (SSSR count). The molecule has 2 nitrogen and oxygen atoms in total. The Kier molecular flexibility index (Phi) is 3.55. The van der Waals surface area contributed by atoms with Gasteiger partial charge in [0.1, 0.15) is 5.82 Å². The van der Waals surface area contributed by atoms with E-state index in [9.17, 15) is 4.39 Å². The van der Waals surface area contributed by atoms with Crippen molar-refractivity contribution >= 4 is 0 Å². The van der Waals surface area contributed by atoms with Crippen LogP contribution in [0.25, 0.3) is 0 Å². The van der Waals surface area contributed by atoms with E-state index >= 15 is 0 Å². The maximum Gasteiger partial charge on any atom is 0.139 e. The molecule has 0 aromatic heterocycles. The topological polar surface area (TPSA) is 12.5 Å². The molecule has 16 heavy (non-hydrogen) atoms. The number of nitrogens with zero attached hydrogens (tertiary/aromatic N) is 1. The summed E-state index contributed by atoms with van der Waals surface area (Å²) in [5.41, 5.74) is 1.28. The van der Waals surface area contributed by atoms with E-state index in [0.29, 0.717) is 5.56 Å². The SMILES string of the molecule is C#Cc1ccc(CN2CCOCC2)cc1F. The molecule has 0 atom stereocenters. The lowest BCUT2D eigenvalue weighted by atomic mass is 10.1. The number of hydrogen-bond acceptors (Lipinski definition) is 2. The first-order valence-corrected chi connectivity index (χ1v) is 5.35. The van der Waals surface area contributed by atoms with Crippen LogP contribution in [0.2, 0.25) is 0 Å². The van der Waals surface area contributed by atoms with Gasteiger partial charge in [-0.25, -0.2) is 4.39 Å². The maximum atomic E-state index is 13.4. The number of halogens is 1. The largest absolute Gasteiger partial charge is 0.379 e. The Morgan fingerprint density at radius 3 is 2.75 bits per heavy atom. The third-order valence-corrected chi connectivity index (χ3v) is 2.70. The standard InChI is InChI=1S/C13H14FNO/c1-2-12-4-3-11(9-13(12)14)10-15-5-7-16-8-6-15/h1,3-4,9H,5-8,10H2. The van der Waals surface area contributed by atoms with Crippen molar-refractivity contribution in [3.8, 4) is 12.3 Å². The fraction of sp³-hybridized carbons (Fsp3) is 0.385. The quantitative estimate of drug-likeness (QED) is 0.701. The molecule has 3 heteroatoms. The highest BCUT2D eigenvalue weighted by Crippen LogP contribution is 2.12. The van der Waals surface area contributed by atoms with Gasteiger partial charge in [0.25, 0.3) is 0 Å². The van der Waals surface area contributed by atoms with Gasteiger partial charge in [-0.05, 0) is 17.7 Å². The molecule has 1 aromatic rings. The first-order valence-electron chi connectivity index (χ1n) is 5.35. The highest BCUT2D eigenvalue weighted by molar-refractivity contribution is 5.35.